The molecule has 20 heteroatoms. The molecule has 0 aliphatic heterocycles. The molecule has 0 spiro atoms. The van der Waals surface area contributed by atoms with E-state index >= 15 is 0 Å². The highest BCUT2D eigenvalue weighted by atomic mass is 16.4. The molecule has 1 aromatic rings. The second-order valence-electron chi connectivity index (χ2n) is 14.7. The van der Waals surface area contributed by atoms with Gasteiger partial charge in [0.15, 0.2) is 0 Å². The van der Waals surface area contributed by atoms with E-state index in [0.717, 1.165) is 31.4 Å². The fraction of sp³-hybridized carbons (Fsp3) is 0.538. The Morgan fingerprint density at radius 3 is 1.85 bits per heavy atom. The average molecular weight is 828 g/mol. The molecule has 1 aromatic carbocycles. The van der Waals surface area contributed by atoms with Gasteiger partial charge in [-0.05, 0) is 50.5 Å². The van der Waals surface area contributed by atoms with Gasteiger partial charge in [-0.15, -0.1) is 0 Å². The van der Waals surface area contributed by atoms with Gasteiger partial charge in [0.05, 0.1) is 6.54 Å². The van der Waals surface area contributed by atoms with E-state index in [2.05, 4.69) is 37.2 Å². The lowest BCUT2D eigenvalue weighted by atomic mass is 9.83. The summed E-state index contributed by atoms with van der Waals surface area (Å²) in [7, 11) is 0. The third-order valence-electron chi connectivity index (χ3n) is 9.51. The van der Waals surface area contributed by atoms with Gasteiger partial charge in [0.25, 0.3) is 0 Å². The number of carboxylic acids is 1. The Kier molecular flexibility index (Phi) is 20.2. The molecule has 1 fully saturated rings. The van der Waals surface area contributed by atoms with Crippen LogP contribution in [0.25, 0.3) is 0 Å². The summed E-state index contributed by atoms with van der Waals surface area (Å²) in [5.74, 6) is -9.05. The summed E-state index contributed by atoms with van der Waals surface area (Å²) in [5.41, 5.74) is 11.4. The van der Waals surface area contributed by atoms with Crippen LogP contribution in [0.15, 0.2) is 42.5 Å². The summed E-state index contributed by atoms with van der Waals surface area (Å²) in [6.07, 6.45) is 4.61. The number of aliphatic carboxylic acids is 1. The van der Waals surface area contributed by atoms with Crippen LogP contribution in [0, 0.1) is 11.8 Å². The Morgan fingerprint density at radius 1 is 0.695 bits per heavy atom. The van der Waals surface area contributed by atoms with Gasteiger partial charge < -0.3 is 53.8 Å². The number of rotatable bonds is 23. The van der Waals surface area contributed by atoms with Gasteiger partial charge in [0.1, 0.15) is 36.3 Å². The van der Waals surface area contributed by atoms with Gasteiger partial charge >= 0.3 is 5.97 Å². The molecule has 0 heterocycles. The van der Waals surface area contributed by atoms with E-state index in [9.17, 15) is 53.1 Å². The van der Waals surface area contributed by atoms with Crippen molar-refractivity contribution < 1.29 is 53.1 Å². The highest BCUT2D eigenvalue weighted by Gasteiger charge is 2.35. The monoisotopic (exact) mass is 827 g/mol. The van der Waals surface area contributed by atoms with Crippen LogP contribution in [0.5, 0.6) is 0 Å². The molecule has 0 unspecified atom stereocenters. The average Bonchev–Trinajstić information content (AvgIpc) is 3.18. The number of carbonyl (C=O) groups is 10. The van der Waals surface area contributed by atoms with Gasteiger partial charge in [-0.3, -0.25) is 43.2 Å². The topological polar surface area (TPSA) is 327 Å². The van der Waals surface area contributed by atoms with E-state index in [4.69, 9.17) is 11.5 Å². The van der Waals surface area contributed by atoms with Gasteiger partial charge in [-0.25, -0.2) is 4.79 Å². The van der Waals surface area contributed by atoms with Crippen LogP contribution in [-0.2, 0) is 54.4 Å². The van der Waals surface area contributed by atoms with E-state index in [0.29, 0.717) is 18.4 Å². The molecule has 2 rings (SSSR count). The summed E-state index contributed by atoms with van der Waals surface area (Å²) < 4.78 is 0. The molecule has 1 aliphatic carbocycles. The molecule has 1 aliphatic rings. The normalized spacial score (nSPS) is 15.9. The zero-order valence-corrected chi connectivity index (χ0v) is 33.7. The number of benzene rings is 1. The molecule has 0 radical (unpaired) electrons. The van der Waals surface area contributed by atoms with Crippen molar-refractivity contribution in [1.29, 1.82) is 0 Å². The number of nitrogens with one attached hydrogen (secondary N) is 7. The molecule has 0 bridgehead atoms. The molecule has 59 heavy (non-hydrogen) atoms. The molecule has 20 nitrogen and oxygen atoms in total. The lowest BCUT2D eigenvalue weighted by Crippen LogP contribution is -2.59. The highest BCUT2D eigenvalue weighted by molar-refractivity contribution is 6.01. The first kappa shape index (κ1) is 48.8. The number of primary amides is 2. The lowest BCUT2D eigenvalue weighted by Gasteiger charge is -2.32. The van der Waals surface area contributed by atoms with Crippen LogP contribution in [0.3, 0.4) is 0 Å². The minimum atomic E-state index is -1.39. The molecular weight excluding hydrogens is 770 g/mol. The van der Waals surface area contributed by atoms with Crippen molar-refractivity contribution in [1.82, 2.24) is 37.2 Å². The van der Waals surface area contributed by atoms with Gasteiger partial charge in [-0.1, -0.05) is 63.4 Å². The fourth-order valence-electron chi connectivity index (χ4n) is 6.20. The van der Waals surface area contributed by atoms with Crippen LogP contribution in [-0.4, -0.2) is 107 Å². The van der Waals surface area contributed by atoms with Crippen molar-refractivity contribution in [3.63, 3.8) is 0 Å². The minimum absolute atomic E-state index is 0.0123. The maximum atomic E-state index is 13.6. The Morgan fingerprint density at radius 2 is 1.29 bits per heavy atom. The Labute approximate surface area is 342 Å². The first-order valence-corrected chi connectivity index (χ1v) is 19.4. The number of carbonyl (C=O) groups excluding carboxylic acids is 9. The zero-order valence-electron chi connectivity index (χ0n) is 33.7. The summed E-state index contributed by atoms with van der Waals surface area (Å²) in [6, 6.07) is 1.52. The second-order valence-corrected chi connectivity index (χ2v) is 14.7. The standard InChI is InChI=1S/C39H57N9O11/c1-21(2)32(34(41)53)47-36(55)23(4)44-38(57)33(25-13-9-6-10-14-25)48-37(56)26(15-16-28(40)49)45-30(51)18-17-29(50)43-22(3)35(54)42-20-31(52)46-27(39(58)59)19-24-11-7-5-8-12-24/h5,7-8,11-12,17-18,21-23,25-27,32-33H,6,9-10,13-16,19-20H2,1-4H3,(H2,40,49)(H2,41,53)(H,42,54)(H,43,50)(H,44,57)(H,45,51)(H,46,52)(H,47,55)(H,48,56)(H,58,59)/b18-17+/t22-,23-,26-,27-,32-,33-/m0/s1. The third kappa shape index (κ3) is 17.8. The molecule has 12 N–H and O–H groups in total. The number of carboxylic acid groups (broad SMARTS) is 1. The fourth-order valence-corrected chi connectivity index (χ4v) is 6.20. The number of hydrogen-bond acceptors (Lipinski definition) is 10. The van der Waals surface area contributed by atoms with Crippen molar-refractivity contribution in [2.75, 3.05) is 6.54 Å². The van der Waals surface area contributed by atoms with E-state index < -0.39 is 102 Å². The van der Waals surface area contributed by atoms with Crippen molar-refractivity contribution in [3.8, 4) is 0 Å². The minimum Gasteiger partial charge on any atom is -0.480 e. The second kappa shape index (κ2) is 24.4. The molecule has 0 saturated heterocycles. The first-order valence-electron chi connectivity index (χ1n) is 19.4. The largest absolute Gasteiger partial charge is 0.480 e. The maximum Gasteiger partial charge on any atom is 0.326 e. The molecule has 6 atom stereocenters. The van der Waals surface area contributed by atoms with Crippen molar-refractivity contribution in [3.05, 3.63) is 48.0 Å². The first-order chi connectivity index (χ1) is 27.8. The third-order valence-corrected chi connectivity index (χ3v) is 9.51. The SMILES string of the molecule is CC(C)[C@H](NC(=O)[C@H](C)NC(=O)[C@@H](NC(=O)[C@H](CCC(N)=O)NC(=O)/C=C/C(=O)N[C@@H](C)C(=O)NCC(=O)N[C@@H](Cc1ccccc1)C(=O)O)C1CCCCC1)C(N)=O. The van der Waals surface area contributed by atoms with Crippen LogP contribution >= 0.6 is 0 Å². The van der Waals surface area contributed by atoms with Crippen molar-refractivity contribution in [2.24, 2.45) is 23.3 Å². The Balaban J connectivity index is 2.03. The summed E-state index contributed by atoms with van der Waals surface area (Å²) in [5, 5.41) is 26.6. The predicted molar refractivity (Wildman–Crippen MR) is 212 cm³/mol. The molecular formula is C39H57N9O11. The van der Waals surface area contributed by atoms with E-state index in [1.165, 1.54) is 13.8 Å². The lowest BCUT2D eigenvalue weighted by molar-refractivity contribution is -0.141. The van der Waals surface area contributed by atoms with Crippen molar-refractivity contribution in [2.45, 2.75) is 115 Å². The van der Waals surface area contributed by atoms with E-state index in [1.54, 1.807) is 44.2 Å². The number of nitrogens with two attached hydrogens (primary N) is 2. The molecule has 1 saturated carbocycles. The van der Waals surface area contributed by atoms with Crippen LogP contribution in [0.4, 0.5) is 0 Å². The molecule has 9 amide bonds. The molecule has 0 aromatic heterocycles. The summed E-state index contributed by atoms with van der Waals surface area (Å²) in [6.45, 7) is 5.50. The highest BCUT2D eigenvalue weighted by Crippen LogP contribution is 2.27. The number of amides is 9. The van der Waals surface area contributed by atoms with Crippen LogP contribution in [0.1, 0.15) is 78.2 Å². The smallest absolute Gasteiger partial charge is 0.326 e. The van der Waals surface area contributed by atoms with Gasteiger partial charge in [0.2, 0.25) is 53.2 Å². The molecule has 324 valence electrons. The van der Waals surface area contributed by atoms with Crippen LogP contribution < -0.4 is 48.7 Å². The van der Waals surface area contributed by atoms with Gasteiger partial charge in [-0.2, -0.15) is 0 Å². The summed E-state index contributed by atoms with van der Waals surface area (Å²) >= 11 is 0. The summed E-state index contributed by atoms with van der Waals surface area (Å²) in [4.78, 5) is 125. The Hall–Kier alpha value is -6.34. The van der Waals surface area contributed by atoms with E-state index in [-0.39, 0.29) is 31.1 Å². The van der Waals surface area contributed by atoms with Crippen molar-refractivity contribution >= 4 is 59.1 Å². The van der Waals surface area contributed by atoms with Gasteiger partial charge in [0, 0.05) is 25.0 Å². The van der Waals surface area contributed by atoms with Crippen LogP contribution in [0.2, 0.25) is 0 Å². The maximum absolute atomic E-state index is 13.6. The number of hydrogen-bond donors (Lipinski definition) is 10. The Bertz CT molecular complexity index is 1710. The van der Waals surface area contributed by atoms with E-state index in [1.807, 2.05) is 0 Å². The quantitative estimate of drug-likeness (QED) is 0.0534. The predicted octanol–water partition coefficient (Wildman–Crippen LogP) is -2.08. The zero-order chi connectivity index (χ0) is 44.2.